The van der Waals surface area contributed by atoms with Crippen LogP contribution in [0.2, 0.25) is 0 Å². The van der Waals surface area contributed by atoms with E-state index in [1.165, 1.54) is 43.8 Å². The molecule has 0 fully saturated rings. The Labute approximate surface area is 293 Å². The Hall–Kier alpha value is -4.43. The van der Waals surface area contributed by atoms with Crippen molar-refractivity contribution in [2.45, 2.75) is 40.5 Å². The summed E-state index contributed by atoms with van der Waals surface area (Å²) in [6, 6.07) is 49.2. The summed E-state index contributed by atoms with van der Waals surface area (Å²) in [5.74, 6) is 1.21. The van der Waals surface area contributed by atoms with Gasteiger partial charge in [0.1, 0.15) is 0 Å². The smallest absolute Gasteiger partial charge is 0.0167 e. The molecule has 0 aliphatic heterocycles. The summed E-state index contributed by atoms with van der Waals surface area (Å²) in [5, 5.41) is 4.96. The Bertz CT molecular complexity index is 1970. The predicted octanol–water partition coefficient (Wildman–Crippen LogP) is 11.5. The van der Waals surface area contributed by atoms with E-state index in [-0.39, 0.29) is 20.1 Å². The van der Waals surface area contributed by atoms with Crippen LogP contribution in [-0.4, -0.2) is 9.97 Å². The van der Waals surface area contributed by atoms with E-state index in [2.05, 4.69) is 124 Å². The summed E-state index contributed by atoms with van der Waals surface area (Å²) in [7, 11) is 0. The van der Waals surface area contributed by atoms with Crippen LogP contribution in [0.4, 0.5) is 0 Å². The van der Waals surface area contributed by atoms with Crippen LogP contribution in [0.25, 0.3) is 55.2 Å². The maximum absolute atomic E-state index is 4.86. The summed E-state index contributed by atoms with van der Waals surface area (Å²) in [6.45, 7) is 9.11. The molecule has 2 heterocycles. The average Bonchev–Trinajstić information content (AvgIpc) is 3.08. The largest absolute Gasteiger partial charge is 0.305 e. The average molecular weight is 789 g/mol. The maximum atomic E-state index is 4.86. The molecule has 2 aromatic heterocycles. The summed E-state index contributed by atoms with van der Waals surface area (Å²) in [6.07, 6.45) is 5.85. The molecule has 0 spiro atoms. The molecule has 2 nitrogen and oxygen atoms in total. The Kier molecular flexibility index (Phi) is 11.5. The minimum Gasteiger partial charge on any atom is -0.305 e. The fourth-order valence-electron chi connectivity index (χ4n) is 6.06. The molecule has 47 heavy (non-hydrogen) atoms. The monoisotopic (exact) mass is 789 g/mol. The van der Waals surface area contributed by atoms with Crippen LogP contribution in [0.1, 0.15) is 38.8 Å². The standard InChI is InChI=1S/C33H32N.C11H8N.Ir/c1-22(2)16-24-18-25(17-23(3)4)20-29(19-24)33-32-13-11-28-21-27(26-8-6-5-7-9-26)10-12-30(28)31(32)14-15-34-33;1-2-6-10(7-3-1)11-8-4-5-9-12-11;/h5-15,18-19,21-23H,16-17H2,1-4H3;1-6,8-9H;/q2*-1;. The first-order chi connectivity index (χ1) is 22.4. The van der Waals surface area contributed by atoms with Gasteiger partial charge in [-0.1, -0.05) is 94.4 Å². The van der Waals surface area contributed by atoms with Gasteiger partial charge >= 0.3 is 0 Å². The fourth-order valence-corrected chi connectivity index (χ4v) is 6.06. The van der Waals surface area contributed by atoms with Gasteiger partial charge in [0.05, 0.1) is 0 Å². The summed E-state index contributed by atoms with van der Waals surface area (Å²) in [4.78, 5) is 9.08. The van der Waals surface area contributed by atoms with Crippen LogP contribution >= 0.6 is 0 Å². The minimum absolute atomic E-state index is 0. The van der Waals surface area contributed by atoms with Gasteiger partial charge in [-0.2, -0.15) is 0 Å². The van der Waals surface area contributed by atoms with E-state index in [0.717, 1.165) is 35.4 Å². The number of benzene rings is 5. The van der Waals surface area contributed by atoms with E-state index < -0.39 is 0 Å². The fraction of sp³-hybridized carbons (Fsp3) is 0.182. The first-order valence-corrected chi connectivity index (χ1v) is 16.2. The number of aromatic nitrogens is 2. The summed E-state index contributed by atoms with van der Waals surface area (Å²) in [5.41, 5.74) is 9.31. The molecule has 237 valence electrons. The quantitative estimate of drug-likeness (QED) is 0.119. The third-order valence-corrected chi connectivity index (χ3v) is 8.03. The van der Waals surface area contributed by atoms with Gasteiger partial charge in [-0.15, -0.1) is 70.8 Å². The molecule has 7 aromatic rings. The van der Waals surface area contributed by atoms with Gasteiger partial charge in [-0.3, -0.25) is 0 Å². The van der Waals surface area contributed by atoms with Crippen molar-refractivity contribution in [1.82, 2.24) is 9.97 Å². The van der Waals surface area contributed by atoms with E-state index in [9.17, 15) is 0 Å². The van der Waals surface area contributed by atoms with Crippen molar-refractivity contribution in [2.24, 2.45) is 11.8 Å². The first kappa shape index (κ1) is 33.9. The van der Waals surface area contributed by atoms with Crippen molar-refractivity contribution < 1.29 is 20.1 Å². The van der Waals surface area contributed by atoms with Gasteiger partial charge in [0.25, 0.3) is 0 Å². The molecule has 0 saturated carbocycles. The Morgan fingerprint density at radius 1 is 0.574 bits per heavy atom. The van der Waals surface area contributed by atoms with Crippen molar-refractivity contribution in [3.8, 4) is 33.6 Å². The second-order valence-corrected chi connectivity index (χ2v) is 12.7. The van der Waals surface area contributed by atoms with Crippen LogP contribution in [0.15, 0.2) is 134 Å². The zero-order chi connectivity index (χ0) is 31.9. The molecule has 3 heteroatoms. The zero-order valence-electron chi connectivity index (χ0n) is 27.5. The van der Waals surface area contributed by atoms with Gasteiger partial charge in [0.15, 0.2) is 0 Å². The number of rotatable bonds is 7. The van der Waals surface area contributed by atoms with Crippen molar-refractivity contribution in [3.05, 3.63) is 157 Å². The molecule has 0 N–H and O–H groups in total. The number of hydrogen-bond acceptors (Lipinski definition) is 2. The van der Waals surface area contributed by atoms with E-state index in [0.29, 0.717) is 11.8 Å². The second-order valence-electron chi connectivity index (χ2n) is 12.7. The summed E-state index contributed by atoms with van der Waals surface area (Å²) < 4.78 is 0. The molecule has 0 aliphatic rings. The molecule has 1 radical (unpaired) electrons. The predicted molar refractivity (Wildman–Crippen MR) is 195 cm³/mol. The molecule has 0 amide bonds. The Balaban J connectivity index is 0.000000280. The van der Waals surface area contributed by atoms with E-state index in [4.69, 9.17) is 4.98 Å². The molecule has 5 aromatic carbocycles. The number of hydrogen-bond donors (Lipinski definition) is 0. The van der Waals surface area contributed by atoms with Crippen LogP contribution in [-0.2, 0) is 32.9 Å². The molecule has 0 unspecified atom stereocenters. The SMILES string of the molecule is CC(C)Cc1[c-]c(-c2nccc3c2ccc2cc(-c4ccccc4)ccc23)cc(CC(C)C)c1.[Ir].[c-]1ccccc1-c1ccccn1. The second kappa shape index (κ2) is 15.9. The molecular weight excluding hydrogens is 749 g/mol. The molecule has 0 saturated heterocycles. The molecular formula is C44H40IrN2-2. The number of pyridine rings is 2. The van der Waals surface area contributed by atoms with Crippen LogP contribution in [0.3, 0.4) is 0 Å². The maximum Gasteiger partial charge on any atom is 0.0167 e. The summed E-state index contributed by atoms with van der Waals surface area (Å²) >= 11 is 0. The van der Waals surface area contributed by atoms with Gasteiger partial charge in [0.2, 0.25) is 0 Å². The van der Waals surface area contributed by atoms with Crippen LogP contribution < -0.4 is 0 Å². The molecule has 7 rings (SSSR count). The van der Waals surface area contributed by atoms with Gasteiger partial charge in [-0.05, 0) is 86.9 Å². The Morgan fingerprint density at radius 3 is 2.06 bits per heavy atom. The molecule has 0 bridgehead atoms. The van der Waals surface area contributed by atoms with Gasteiger partial charge in [-0.25, -0.2) is 0 Å². The van der Waals surface area contributed by atoms with E-state index in [1.807, 2.05) is 48.7 Å². The van der Waals surface area contributed by atoms with Crippen LogP contribution in [0.5, 0.6) is 0 Å². The topological polar surface area (TPSA) is 25.8 Å². The normalized spacial score (nSPS) is 10.9. The third-order valence-electron chi connectivity index (χ3n) is 8.03. The van der Waals surface area contributed by atoms with Gasteiger partial charge in [0, 0.05) is 32.5 Å². The number of nitrogens with zero attached hydrogens (tertiary/aromatic N) is 2. The van der Waals surface area contributed by atoms with Crippen molar-refractivity contribution in [1.29, 1.82) is 0 Å². The Morgan fingerprint density at radius 2 is 1.34 bits per heavy atom. The van der Waals surface area contributed by atoms with Crippen molar-refractivity contribution in [2.75, 3.05) is 0 Å². The molecule has 0 atom stereocenters. The van der Waals surface area contributed by atoms with Crippen LogP contribution in [0, 0.1) is 24.0 Å². The third kappa shape index (κ3) is 8.49. The number of fused-ring (bicyclic) bond motifs is 3. The zero-order valence-corrected chi connectivity index (χ0v) is 29.9. The molecule has 0 aliphatic carbocycles. The minimum atomic E-state index is 0. The van der Waals surface area contributed by atoms with Crippen molar-refractivity contribution in [3.63, 3.8) is 0 Å². The van der Waals surface area contributed by atoms with E-state index >= 15 is 0 Å². The van der Waals surface area contributed by atoms with Crippen molar-refractivity contribution >= 4 is 21.5 Å². The first-order valence-electron chi connectivity index (χ1n) is 16.2. The van der Waals surface area contributed by atoms with E-state index in [1.54, 1.807) is 6.20 Å². The van der Waals surface area contributed by atoms with Gasteiger partial charge < -0.3 is 9.97 Å².